The summed E-state index contributed by atoms with van der Waals surface area (Å²) in [7, 11) is -1.94. The van der Waals surface area contributed by atoms with E-state index in [2.05, 4.69) is 9.71 Å². The van der Waals surface area contributed by atoms with E-state index in [-0.39, 0.29) is 18.8 Å². The minimum absolute atomic E-state index is 0.0749. The highest BCUT2D eigenvalue weighted by Gasteiger charge is 2.33. The van der Waals surface area contributed by atoms with Crippen LogP contribution < -0.4 is 9.46 Å². The molecule has 0 aromatic carbocycles. The van der Waals surface area contributed by atoms with Crippen LogP contribution in [-0.2, 0) is 10.0 Å². The van der Waals surface area contributed by atoms with Crippen LogP contribution in [0.2, 0.25) is 0 Å². The third-order valence-electron chi connectivity index (χ3n) is 3.69. The van der Waals surface area contributed by atoms with E-state index < -0.39 is 15.9 Å². The third-order valence-corrected chi connectivity index (χ3v) is 4.29. The van der Waals surface area contributed by atoms with Gasteiger partial charge in [-0.1, -0.05) is 12.2 Å². The first kappa shape index (κ1) is 17.7. The van der Waals surface area contributed by atoms with Crippen molar-refractivity contribution in [1.29, 1.82) is 0 Å². The van der Waals surface area contributed by atoms with Gasteiger partial charge in [0.05, 0.1) is 25.2 Å². The highest BCUT2D eigenvalue weighted by Crippen LogP contribution is 2.37. The maximum atomic E-state index is 13.2. The zero-order valence-corrected chi connectivity index (χ0v) is 13.9. The average molecular weight is 346 g/mol. The monoisotopic (exact) mass is 346 g/mol. The molecular formula is C15H20F2N2O3S. The maximum absolute atomic E-state index is 13.2. The second-order valence-corrected chi connectivity index (χ2v) is 7.50. The Morgan fingerprint density at radius 3 is 2.61 bits per heavy atom. The van der Waals surface area contributed by atoms with E-state index in [1.165, 1.54) is 13.3 Å². The Labute approximate surface area is 134 Å². The molecule has 1 aliphatic rings. The predicted molar refractivity (Wildman–Crippen MR) is 85.2 cm³/mol. The predicted octanol–water partition coefficient (Wildman–Crippen LogP) is 3.30. The highest BCUT2D eigenvalue weighted by atomic mass is 32.2. The van der Waals surface area contributed by atoms with Crippen molar-refractivity contribution in [1.82, 2.24) is 4.98 Å². The smallest absolute Gasteiger partial charge is 0.248 e. The first-order valence-electron chi connectivity index (χ1n) is 7.26. The summed E-state index contributed by atoms with van der Waals surface area (Å²) < 4.78 is 56.3. The van der Waals surface area contributed by atoms with E-state index in [0.717, 1.165) is 6.26 Å². The maximum Gasteiger partial charge on any atom is 0.248 e. The number of nitrogens with one attached hydrogen (secondary N) is 1. The molecule has 1 aromatic rings. The summed E-state index contributed by atoms with van der Waals surface area (Å²) in [6, 6.07) is 1.60. The van der Waals surface area contributed by atoms with Crippen LogP contribution in [-0.4, -0.2) is 32.7 Å². The van der Waals surface area contributed by atoms with Crippen molar-refractivity contribution >= 4 is 21.8 Å². The number of hydrogen-bond acceptors (Lipinski definition) is 4. The number of pyridine rings is 1. The minimum atomic E-state index is -3.40. The topological polar surface area (TPSA) is 68.3 Å². The van der Waals surface area contributed by atoms with Crippen molar-refractivity contribution in [2.45, 2.75) is 31.6 Å². The molecule has 0 aliphatic heterocycles. The fraction of sp³-hybridized carbons (Fsp3) is 0.533. The number of allylic oxidation sites excluding steroid dienone is 1. The van der Waals surface area contributed by atoms with Crippen LogP contribution in [0.3, 0.4) is 0 Å². The standard InChI is InChI=1S/C15H20F2N2O3S/c1-22-14-12(9-13(10-18-14)19-23(2,20)21)4-3-11-5-7-15(16,17)8-6-11/h3-4,9-11,19H,5-8H2,1-2H3. The summed E-state index contributed by atoms with van der Waals surface area (Å²) in [5, 5.41) is 0. The molecule has 23 heavy (non-hydrogen) atoms. The number of halogens is 2. The van der Waals surface area contributed by atoms with Crippen LogP contribution in [0.1, 0.15) is 31.2 Å². The molecule has 1 aromatic heterocycles. The Hall–Kier alpha value is -1.70. The summed E-state index contributed by atoms with van der Waals surface area (Å²) in [6.45, 7) is 0. The van der Waals surface area contributed by atoms with Crippen molar-refractivity contribution < 1.29 is 21.9 Å². The molecule has 5 nitrogen and oxygen atoms in total. The molecule has 0 unspecified atom stereocenters. The molecule has 128 valence electrons. The number of ether oxygens (including phenoxy) is 1. The van der Waals surface area contributed by atoms with Crippen LogP contribution in [0, 0.1) is 5.92 Å². The van der Waals surface area contributed by atoms with Gasteiger partial charge in [-0.3, -0.25) is 4.72 Å². The van der Waals surface area contributed by atoms with Gasteiger partial charge in [-0.15, -0.1) is 0 Å². The third kappa shape index (κ3) is 5.46. The molecular weight excluding hydrogens is 326 g/mol. The molecule has 1 heterocycles. The van der Waals surface area contributed by atoms with Gasteiger partial charge < -0.3 is 4.74 Å². The van der Waals surface area contributed by atoms with Crippen molar-refractivity contribution in [2.75, 3.05) is 18.1 Å². The number of sulfonamides is 1. The summed E-state index contributed by atoms with van der Waals surface area (Å²) in [5.41, 5.74) is 0.918. The Kier molecular flexibility index (Phi) is 5.23. The zero-order chi connectivity index (χ0) is 17.1. The van der Waals surface area contributed by atoms with Crippen LogP contribution in [0.5, 0.6) is 5.88 Å². The zero-order valence-electron chi connectivity index (χ0n) is 13.1. The largest absolute Gasteiger partial charge is 0.481 e. The van der Waals surface area contributed by atoms with E-state index in [0.29, 0.717) is 30.0 Å². The van der Waals surface area contributed by atoms with Gasteiger partial charge in [-0.25, -0.2) is 22.2 Å². The summed E-state index contributed by atoms with van der Waals surface area (Å²) >= 11 is 0. The molecule has 1 aliphatic carbocycles. The lowest BCUT2D eigenvalue weighted by molar-refractivity contribution is -0.0410. The lowest BCUT2D eigenvalue weighted by Crippen LogP contribution is -2.23. The fourth-order valence-corrected chi connectivity index (χ4v) is 3.06. The van der Waals surface area contributed by atoms with Gasteiger partial charge in [0.15, 0.2) is 0 Å². The molecule has 1 saturated carbocycles. The summed E-state index contributed by atoms with van der Waals surface area (Å²) in [5.74, 6) is -2.13. The number of rotatable bonds is 5. The average Bonchev–Trinajstić information content (AvgIpc) is 2.44. The molecule has 0 saturated heterocycles. The Morgan fingerprint density at radius 2 is 2.04 bits per heavy atom. The molecule has 1 N–H and O–H groups in total. The van der Waals surface area contributed by atoms with Gasteiger partial charge >= 0.3 is 0 Å². The van der Waals surface area contributed by atoms with E-state index in [1.807, 2.05) is 6.08 Å². The normalized spacial score (nSPS) is 19.0. The van der Waals surface area contributed by atoms with E-state index in [9.17, 15) is 17.2 Å². The molecule has 0 atom stereocenters. The van der Waals surface area contributed by atoms with E-state index in [4.69, 9.17) is 4.74 Å². The molecule has 0 amide bonds. The van der Waals surface area contributed by atoms with Gasteiger partial charge in [0.1, 0.15) is 0 Å². The van der Waals surface area contributed by atoms with Gasteiger partial charge in [0, 0.05) is 18.4 Å². The number of methoxy groups -OCH3 is 1. The van der Waals surface area contributed by atoms with E-state index in [1.54, 1.807) is 12.1 Å². The summed E-state index contributed by atoms with van der Waals surface area (Å²) in [4.78, 5) is 4.05. The number of hydrogen-bond donors (Lipinski definition) is 1. The van der Waals surface area contributed by atoms with Crippen molar-refractivity contribution in [3.05, 3.63) is 23.9 Å². The van der Waals surface area contributed by atoms with Crippen molar-refractivity contribution in [3.8, 4) is 5.88 Å². The molecule has 0 spiro atoms. The number of anilines is 1. The highest BCUT2D eigenvalue weighted by molar-refractivity contribution is 7.92. The lowest BCUT2D eigenvalue weighted by Gasteiger charge is -2.26. The van der Waals surface area contributed by atoms with Crippen LogP contribution in [0.15, 0.2) is 18.3 Å². The van der Waals surface area contributed by atoms with Crippen LogP contribution >= 0.6 is 0 Å². The van der Waals surface area contributed by atoms with Crippen LogP contribution in [0.4, 0.5) is 14.5 Å². The fourth-order valence-electron chi connectivity index (χ4n) is 2.52. The van der Waals surface area contributed by atoms with Crippen molar-refractivity contribution in [3.63, 3.8) is 0 Å². The number of alkyl halides is 2. The minimum Gasteiger partial charge on any atom is -0.481 e. The number of nitrogens with zero attached hydrogens (tertiary/aromatic N) is 1. The quantitative estimate of drug-likeness (QED) is 0.888. The molecule has 1 fully saturated rings. The van der Waals surface area contributed by atoms with Gasteiger partial charge in [0.25, 0.3) is 0 Å². The molecule has 8 heteroatoms. The number of aromatic nitrogens is 1. The second-order valence-electron chi connectivity index (χ2n) is 5.75. The van der Waals surface area contributed by atoms with E-state index >= 15 is 0 Å². The second kappa shape index (κ2) is 6.82. The van der Waals surface area contributed by atoms with Gasteiger partial charge in [-0.2, -0.15) is 0 Å². The first-order chi connectivity index (χ1) is 10.7. The van der Waals surface area contributed by atoms with Crippen molar-refractivity contribution in [2.24, 2.45) is 5.92 Å². The first-order valence-corrected chi connectivity index (χ1v) is 9.15. The Balaban J connectivity index is 2.14. The van der Waals surface area contributed by atoms with Crippen LogP contribution in [0.25, 0.3) is 6.08 Å². The Bertz CT molecular complexity index is 680. The summed E-state index contributed by atoms with van der Waals surface area (Å²) in [6.07, 6.45) is 6.67. The SMILES string of the molecule is COc1ncc(NS(C)(=O)=O)cc1C=CC1CCC(F)(F)CC1. The molecule has 2 rings (SSSR count). The van der Waals surface area contributed by atoms with Gasteiger partial charge in [0.2, 0.25) is 21.8 Å². The Morgan fingerprint density at radius 1 is 1.39 bits per heavy atom. The molecule has 0 bridgehead atoms. The molecule has 0 radical (unpaired) electrons. The lowest BCUT2D eigenvalue weighted by atomic mass is 9.86. The van der Waals surface area contributed by atoms with Gasteiger partial charge in [-0.05, 0) is 24.8 Å².